The van der Waals surface area contributed by atoms with Gasteiger partial charge in [-0.1, -0.05) is 6.07 Å². The topological polar surface area (TPSA) is 58.0 Å². The quantitative estimate of drug-likeness (QED) is 0.686. The van der Waals surface area contributed by atoms with Crippen LogP contribution in [-0.4, -0.2) is 70.0 Å². The molecule has 1 aromatic rings. The maximum atomic E-state index is 8.91. The highest BCUT2D eigenvalue weighted by molar-refractivity contribution is 5.42. The second-order valence-corrected chi connectivity index (χ2v) is 5.83. The molecule has 6 nitrogen and oxygen atoms in total. The molecular formula is C18H27N3O3. The van der Waals surface area contributed by atoms with Crippen molar-refractivity contribution in [1.29, 1.82) is 5.26 Å². The molecule has 0 spiro atoms. The maximum absolute atomic E-state index is 8.91. The Morgan fingerprint density at radius 2 is 1.92 bits per heavy atom. The third kappa shape index (κ3) is 5.68. The average molecular weight is 333 g/mol. The zero-order chi connectivity index (χ0) is 17.2. The summed E-state index contributed by atoms with van der Waals surface area (Å²) in [5.41, 5.74) is 1.16. The van der Waals surface area contributed by atoms with Crippen molar-refractivity contribution in [3.8, 4) is 17.6 Å². The first-order valence-corrected chi connectivity index (χ1v) is 8.37. The molecule has 1 heterocycles. The van der Waals surface area contributed by atoms with Gasteiger partial charge in [0, 0.05) is 45.7 Å². The van der Waals surface area contributed by atoms with Gasteiger partial charge in [-0.05, 0) is 17.7 Å². The fourth-order valence-corrected chi connectivity index (χ4v) is 2.82. The van der Waals surface area contributed by atoms with E-state index >= 15 is 0 Å². The van der Waals surface area contributed by atoms with Crippen molar-refractivity contribution in [1.82, 2.24) is 9.80 Å². The fourth-order valence-electron chi connectivity index (χ4n) is 2.82. The smallest absolute Gasteiger partial charge is 0.161 e. The van der Waals surface area contributed by atoms with E-state index in [0.29, 0.717) is 6.42 Å². The number of hydrogen-bond donors (Lipinski definition) is 0. The Bertz CT molecular complexity index is 539. The second kappa shape index (κ2) is 10.1. The summed E-state index contributed by atoms with van der Waals surface area (Å²) >= 11 is 0. The highest BCUT2D eigenvalue weighted by Gasteiger charge is 2.13. The molecule has 24 heavy (non-hydrogen) atoms. The van der Waals surface area contributed by atoms with Crippen LogP contribution >= 0.6 is 0 Å². The first-order valence-electron chi connectivity index (χ1n) is 8.37. The molecule has 1 fully saturated rings. The van der Waals surface area contributed by atoms with Crippen LogP contribution in [0.5, 0.6) is 11.5 Å². The van der Waals surface area contributed by atoms with Gasteiger partial charge in [-0.3, -0.25) is 9.80 Å². The number of nitriles is 1. The largest absolute Gasteiger partial charge is 0.493 e. The molecule has 0 atom stereocenters. The van der Waals surface area contributed by atoms with Crippen LogP contribution in [-0.2, 0) is 11.3 Å². The molecular weight excluding hydrogens is 306 g/mol. The number of hydrogen-bond acceptors (Lipinski definition) is 6. The molecule has 1 aromatic carbocycles. The molecule has 1 saturated heterocycles. The van der Waals surface area contributed by atoms with E-state index in [0.717, 1.165) is 69.5 Å². The van der Waals surface area contributed by atoms with Crippen LogP contribution in [0.15, 0.2) is 18.2 Å². The Kier molecular flexibility index (Phi) is 7.83. The zero-order valence-corrected chi connectivity index (χ0v) is 14.7. The lowest BCUT2D eigenvalue weighted by atomic mass is 10.1. The predicted molar refractivity (Wildman–Crippen MR) is 92.3 cm³/mol. The number of benzene rings is 1. The summed E-state index contributed by atoms with van der Waals surface area (Å²) < 4.78 is 16.1. The van der Waals surface area contributed by atoms with Crippen LogP contribution in [0, 0.1) is 11.3 Å². The average Bonchev–Trinajstić information content (AvgIpc) is 2.64. The number of methoxy groups -OCH3 is 2. The van der Waals surface area contributed by atoms with Crippen LogP contribution in [0.2, 0.25) is 0 Å². The van der Waals surface area contributed by atoms with Crippen LogP contribution in [0.3, 0.4) is 0 Å². The van der Waals surface area contributed by atoms with Crippen molar-refractivity contribution in [3.63, 3.8) is 0 Å². The van der Waals surface area contributed by atoms with E-state index < -0.39 is 0 Å². The summed E-state index contributed by atoms with van der Waals surface area (Å²) in [6.45, 7) is 7.12. The van der Waals surface area contributed by atoms with Crippen LogP contribution in [0.4, 0.5) is 0 Å². The van der Waals surface area contributed by atoms with Gasteiger partial charge in [-0.2, -0.15) is 5.26 Å². The van der Waals surface area contributed by atoms with Crippen molar-refractivity contribution in [3.05, 3.63) is 23.8 Å². The molecule has 132 valence electrons. The van der Waals surface area contributed by atoms with Gasteiger partial charge in [-0.15, -0.1) is 0 Å². The molecule has 1 aliphatic rings. The first kappa shape index (κ1) is 18.5. The SMILES string of the molecule is COc1ccc(CN(CCC#N)CCN2CCOCC2)cc1OC. The summed E-state index contributed by atoms with van der Waals surface area (Å²) in [6.07, 6.45) is 0.538. The Hall–Kier alpha value is -1.81. The minimum absolute atomic E-state index is 0.538. The Labute approximate surface area is 144 Å². The molecule has 0 bridgehead atoms. The standard InChI is InChI=1S/C18H27N3O3/c1-22-17-5-4-16(14-18(17)23-2)15-21(7-3-6-19)9-8-20-10-12-24-13-11-20/h4-5,14H,3,7-13,15H2,1-2H3. The normalized spacial score (nSPS) is 15.2. The molecule has 1 aliphatic heterocycles. The van der Waals surface area contributed by atoms with Gasteiger partial charge >= 0.3 is 0 Å². The number of rotatable bonds is 9. The second-order valence-electron chi connectivity index (χ2n) is 5.83. The van der Waals surface area contributed by atoms with Gasteiger partial charge in [0.05, 0.1) is 33.5 Å². The minimum atomic E-state index is 0.538. The highest BCUT2D eigenvalue weighted by atomic mass is 16.5. The summed E-state index contributed by atoms with van der Waals surface area (Å²) in [4.78, 5) is 4.73. The maximum Gasteiger partial charge on any atom is 0.161 e. The van der Waals surface area contributed by atoms with Gasteiger partial charge < -0.3 is 14.2 Å². The fraction of sp³-hybridized carbons (Fsp3) is 0.611. The molecule has 0 N–H and O–H groups in total. The third-order valence-corrected chi connectivity index (χ3v) is 4.23. The van der Waals surface area contributed by atoms with Crippen LogP contribution < -0.4 is 9.47 Å². The lowest BCUT2D eigenvalue weighted by Gasteiger charge is -2.30. The van der Waals surface area contributed by atoms with Crippen LogP contribution in [0.1, 0.15) is 12.0 Å². The minimum Gasteiger partial charge on any atom is -0.493 e. The molecule has 0 radical (unpaired) electrons. The molecule has 0 unspecified atom stereocenters. The Balaban J connectivity index is 1.95. The van der Waals surface area contributed by atoms with Gasteiger partial charge in [0.15, 0.2) is 11.5 Å². The molecule has 0 saturated carbocycles. The summed E-state index contributed by atoms with van der Waals surface area (Å²) in [6, 6.07) is 8.23. The van der Waals surface area contributed by atoms with E-state index in [9.17, 15) is 0 Å². The summed E-state index contributed by atoms with van der Waals surface area (Å²) in [7, 11) is 3.28. The van der Waals surface area contributed by atoms with Gasteiger partial charge in [0.2, 0.25) is 0 Å². The molecule has 0 amide bonds. The zero-order valence-electron chi connectivity index (χ0n) is 14.7. The summed E-state index contributed by atoms with van der Waals surface area (Å²) in [5, 5.41) is 8.91. The number of morpholine rings is 1. The van der Waals surface area contributed by atoms with Gasteiger partial charge in [0.25, 0.3) is 0 Å². The van der Waals surface area contributed by atoms with E-state index in [2.05, 4.69) is 21.9 Å². The van der Waals surface area contributed by atoms with E-state index in [4.69, 9.17) is 19.5 Å². The molecule has 0 aromatic heterocycles. The third-order valence-electron chi connectivity index (χ3n) is 4.23. The molecule has 0 aliphatic carbocycles. The predicted octanol–water partition coefficient (Wildman–Crippen LogP) is 1.75. The van der Waals surface area contributed by atoms with Crippen molar-refractivity contribution in [2.45, 2.75) is 13.0 Å². The van der Waals surface area contributed by atoms with E-state index in [1.807, 2.05) is 12.1 Å². The first-order chi connectivity index (χ1) is 11.8. The number of ether oxygens (including phenoxy) is 3. The van der Waals surface area contributed by atoms with Crippen molar-refractivity contribution < 1.29 is 14.2 Å². The van der Waals surface area contributed by atoms with Crippen molar-refractivity contribution in [2.75, 3.05) is 60.2 Å². The number of nitrogens with zero attached hydrogens (tertiary/aromatic N) is 3. The van der Waals surface area contributed by atoms with Gasteiger partial charge in [-0.25, -0.2) is 0 Å². The monoisotopic (exact) mass is 333 g/mol. The Morgan fingerprint density at radius 3 is 2.58 bits per heavy atom. The molecule has 6 heteroatoms. The van der Waals surface area contributed by atoms with Gasteiger partial charge in [0.1, 0.15) is 0 Å². The lowest BCUT2D eigenvalue weighted by molar-refractivity contribution is 0.0330. The van der Waals surface area contributed by atoms with Crippen molar-refractivity contribution in [2.24, 2.45) is 0 Å². The summed E-state index contributed by atoms with van der Waals surface area (Å²) in [5.74, 6) is 1.47. The van der Waals surface area contributed by atoms with Crippen molar-refractivity contribution >= 4 is 0 Å². The van der Waals surface area contributed by atoms with E-state index in [1.165, 1.54) is 0 Å². The molecule has 2 rings (SSSR count). The Morgan fingerprint density at radius 1 is 1.17 bits per heavy atom. The van der Waals surface area contributed by atoms with E-state index in [1.54, 1.807) is 14.2 Å². The van der Waals surface area contributed by atoms with E-state index in [-0.39, 0.29) is 0 Å². The lowest BCUT2D eigenvalue weighted by Crippen LogP contribution is -2.41. The van der Waals surface area contributed by atoms with Crippen LogP contribution in [0.25, 0.3) is 0 Å². The highest BCUT2D eigenvalue weighted by Crippen LogP contribution is 2.28.